The molecule has 1 unspecified atom stereocenters. The molecule has 0 spiro atoms. The van der Waals surface area contributed by atoms with E-state index in [9.17, 15) is 14.4 Å². The van der Waals surface area contributed by atoms with Gasteiger partial charge in [-0.05, 0) is 24.5 Å². The van der Waals surface area contributed by atoms with Gasteiger partial charge < -0.3 is 10.4 Å². The van der Waals surface area contributed by atoms with E-state index < -0.39 is 30.0 Å². The number of nitrogens with one attached hydrogen (secondary N) is 1. The predicted molar refractivity (Wildman–Crippen MR) is 71.1 cm³/mol. The van der Waals surface area contributed by atoms with Crippen molar-refractivity contribution in [2.75, 3.05) is 6.54 Å². The van der Waals surface area contributed by atoms with Crippen molar-refractivity contribution in [3.05, 3.63) is 35.4 Å². The van der Waals surface area contributed by atoms with Crippen LogP contribution in [-0.4, -0.2) is 34.5 Å². The number of rotatable bonds is 4. The second kappa shape index (κ2) is 4.96. The minimum absolute atomic E-state index is 0.547. The lowest BCUT2D eigenvalue weighted by molar-refractivity contribution is -0.142. The van der Waals surface area contributed by atoms with E-state index in [0.29, 0.717) is 5.56 Å². The zero-order valence-electron chi connectivity index (χ0n) is 11.3. The summed E-state index contributed by atoms with van der Waals surface area (Å²) in [6, 6.07) is 6.65. The van der Waals surface area contributed by atoms with Crippen molar-refractivity contribution in [1.29, 1.82) is 0 Å². The Morgan fingerprint density at radius 1 is 1.30 bits per heavy atom. The lowest BCUT2D eigenvalue weighted by Gasteiger charge is -2.22. The Balaban J connectivity index is 2.32. The highest BCUT2D eigenvalue weighted by molar-refractivity contribution is 6.08. The molecular formula is C14H16N2O4. The Morgan fingerprint density at radius 3 is 2.40 bits per heavy atom. The SMILES string of the molecule is CCc1ccc(C2(C)NC(=O)N(CC(=O)O)C2=O)cc1. The van der Waals surface area contributed by atoms with E-state index in [-0.39, 0.29) is 0 Å². The number of carboxylic acids is 1. The number of aryl methyl sites for hydroxylation is 1. The van der Waals surface area contributed by atoms with Crippen molar-refractivity contribution in [1.82, 2.24) is 10.2 Å². The molecule has 1 aromatic carbocycles. The number of amides is 3. The lowest BCUT2D eigenvalue weighted by atomic mass is 9.91. The van der Waals surface area contributed by atoms with Crippen LogP contribution < -0.4 is 5.32 Å². The molecule has 6 heteroatoms. The number of hydrogen-bond donors (Lipinski definition) is 2. The van der Waals surface area contributed by atoms with Gasteiger partial charge in [0.25, 0.3) is 5.91 Å². The molecule has 2 rings (SSSR count). The number of carbonyl (C=O) groups excluding carboxylic acids is 2. The molecule has 1 saturated heterocycles. The fourth-order valence-electron chi connectivity index (χ4n) is 2.25. The molecular weight excluding hydrogens is 260 g/mol. The standard InChI is InChI=1S/C14H16N2O4/c1-3-9-4-6-10(7-5-9)14(2)12(19)16(8-11(17)18)13(20)15-14/h4-7H,3,8H2,1-2H3,(H,15,20)(H,17,18). The third kappa shape index (κ3) is 2.24. The van der Waals surface area contributed by atoms with E-state index in [1.54, 1.807) is 19.1 Å². The van der Waals surface area contributed by atoms with Crippen LogP contribution in [0.4, 0.5) is 4.79 Å². The molecule has 106 valence electrons. The quantitative estimate of drug-likeness (QED) is 0.806. The maximum absolute atomic E-state index is 12.3. The summed E-state index contributed by atoms with van der Waals surface area (Å²) in [7, 11) is 0. The molecule has 1 aliphatic heterocycles. The largest absolute Gasteiger partial charge is 0.480 e. The predicted octanol–water partition coefficient (Wildman–Crippen LogP) is 1.10. The molecule has 20 heavy (non-hydrogen) atoms. The monoisotopic (exact) mass is 276 g/mol. The lowest BCUT2D eigenvalue weighted by Crippen LogP contribution is -2.41. The van der Waals surface area contributed by atoms with Gasteiger partial charge >= 0.3 is 12.0 Å². The Morgan fingerprint density at radius 2 is 1.90 bits per heavy atom. The molecule has 1 aliphatic rings. The van der Waals surface area contributed by atoms with Gasteiger partial charge in [0.1, 0.15) is 12.1 Å². The van der Waals surface area contributed by atoms with Gasteiger partial charge in [-0.2, -0.15) is 0 Å². The zero-order valence-corrected chi connectivity index (χ0v) is 11.3. The maximum atomic E-state index is 12.3. The number of carbonyl (C=O) groups is 3. The smallest absolute Gasteiger partial charge is 0.325 e. The fourth-order valence-corrected chi connectivity index (χ4v) is 2.25. The summed E-state index contributed by atoms with van der Waals surface area (Å²) in [5.74, 6) is -1.77. The van der Waals surface area contributed by atoms with E-state index in [0.717, 1.165) is 16.9 Å². The van der Waals surface area contributed by atoms with Crippen molar-refractivity contribution in [2.24, 2.45) is 0 Å². The second-order valence-electron chi connectivity index (χ2n) is 4.89. The minimum Gasteiger partial charge on any atom is -0.480 e. The molecule has 0 saturated carbocycles. The van der Waals surface area contributed by atoms with Gasteiger partial charge in [-0.25, -0.2) is 4.79 Å². The first-order valence-corrected chi connectivity index (χ1v) is 6.34. The zero-order chi connectivity index (χ0) is 14.9. The van der Waals surface area contributed by atoms with Crippen molar-refractivity contribution in [2.45, 2.75) is 25.8 Å². The number of nitrogens with zero attached hydrogens (tertiary/aromatic N) is 1. The molecule has 0 aromatic heterocycles. The van der Waals surface area contributed by atoms with E-state index in [1.807, 2.05) is 19.1 Å². The summed E-state index contributed by atoms with van der Waals surface area (Å²) >= 11 is 0. The van der Waals surface area contributed by atoms with Crippen molar-refractivity contribution in [3.63, 3.8) is 0 Å². The molecule has 6 nitrogen and oxygen atoms in total. The first kappa shape index (κ1) is 14.0. The number of carboxylic acid groups (broad SMARTS) is 1. The van der Waals surface area contributed by atoms with Gasteiger partial charge in [-0.1, -0.05) is 31.2 Å². The van der Waals surface area contributed by atoms with Crippen LogP contribution in [0.5, 0.6) is 0 Å². The molecule has 0 bridgehead atoms. The Bertz CT molecular complexity index is 567. The van der Waals surface area contributed by atoms with E-state index >= 15 is 0 Å². The number of benzene rings is 1. The number of imide groups is 1. The van der Waals surface area contributed by atoms with Crippen LogP contribution >= 0.6 is 0 Å². The summed E-state index contributed by atoms with van der Waals surface area (Å²) in [5.41, 5.74) is 0.552. The van der Waals surface area contributed by atoms with Crippen LogP contribution in [0, 0.1) is 0 Å². The third-order valence-electron chi connectivity index (χ3n) is 3.51. The van der Waals surface area contributed by atoms with Crippen LogP contribution in [0.1, 0.15) is 25.0 Å². The summed E-state index contributed by atoms with van der Waals surface area (Å²) in [6.07, 6.45) is 0.877. The normalized spacial score (nSPS) is 22.0. The molecule has 0 aliphatic carbocycles. The van der Waals surface area contributed by atoms with Crippen LogP contribution in [0.3, 0.4) is 0 Å². The van der Waals surface area contributed by atoms with Crippen LogP contribution in [0.15, 0.2) is 24.3 Å². The van der Waals surface area contributed by atoms with Gasteiger partial charge in [0, 0.05) is 0 Å². The number of aliphatic carboxylic acids is 1. The number of hydrogen-bond acceptors (Lipinski definition) is 3. The van der Waals surface area contributed by atoms with Gasteiger partial charge in [0.2, 0.25) is 0 Å². The Labute approximate surface area is 116 Å². The average molecular weight is 276 g/mol. The van der Waals surface area contributed by atoms with Gasteiger partial charge in [-0.15, -0.1) is 0 Å². The summed E-state index contributed by atoms with van der Waals surface area (Å²) < 4.78 is 0. The van der Waals surface area contributed by atoms with Crippen molar-refractivity contribution < 1.29 is 19.5 Å². The highest BCUT2D eigenvalue weighted by Crippen LogP contribution is 2.28. The summed E-state index contributed by atoms with van der Waals surface area (Å²) in [6.45, 7) is 2.97. The highest BCUT2D eigenvalue weighted by Gasteiger charge is 2.49. The average Bonchev–Trinajstić information content (AvgIpc) is 2.63. The van der Waals surface area contributed by atoms with E-state index in [1.165, 1.54) is 0 Å². The van der Waals surface area contributed by atoms with Crippen molar-refractivity contribution >= 4 is 17.9 Å². The van der Waals surface area contributed by atoms with Crippen LogP contribution in [0.25, 0.3) is 0 Å². The van der Waals surface area contributed by atoms with Crippen LogP contribution in [-0.2, 0) is 21.5 Å². The molecule has 1 heterocycles. The first-order chi connectivity index (χ1) is 9.38. The fraction of sp³-hybridized carbons (Fsp3) is 0.357. The molecule has 0 radical (unpaired) electrons. The molecule has 3 amide bonds. The summed E-state index contributed by atoms with van der Waals surface area (Å²) in [4.78, 5) is 35.5. The second-order valence-corrected chi connectivity index (χ2v) is 4.89. The molecule has 2 N–H and O–H groups in total. The molecule has 1 aromatic rings. The van der Waals surface area contributed by atoms with Crippen LogP contribution in [0.2, 0.25) is 0 Å². The highest BCUT2D eigenvalue weighted by atomic mass is 16.4. The molecule has 1 fully saturated rings. The topological polar surface area (TPSA) is 86.7 Å². The van der Waals surface area contributed by atoms with E-state index in [4.69, 9.17) is 5.11 Å². The Hall–Kier alpha value is -2.37. The van der Waals surface area contributed by atoms with Gasteiger partial charge in [0.15, 0.2) is 0 Å². The third-order valence-corrected chi connectivity index (χ3v) is 3.51. The molecule has 1 atom stereocenters. The number of urea groups is 1. The van der Waals surface area contributed by atoms with Gasteiger partial charge in [0.05, 0.1) is 0 Å². The van der Waals surface area contributed by atoms with E-state index in [2.05, 4.69) is 5.32 Å². The maximum Gasteiger partial charge on any atom is 0.325 e. The minimum atomic E-state index is -1.22. The van der Waals surface area contributed by atoms with Gasteiger partial charge in [-0.3, -0.25) is 14.5 Å². The summed E-state index contributed by atoms with van der Waals surface area (Å²) in [5, 5.41) is 11.3. The Kier molecular flexibility index (Phi) is 3.48. The first-order valence-electron chi connectivity index (χ1n) is 6.34. The van der Waals surface area contributed by atoms with Crippen molar-refractivity contribution in [3.8, 4) is 0 Å².